The van der Waals surface area contributed by atoms with E-state index in [1.165, 1.54) is 6.07 Å². The first-order valence-corrected chi connectivity index (χ1v) is 6.10. The monoisotopic (exact) mass is 270 g/mol. The number of carbonyl (C=O) groups excluding carboxylic acids is 1. The summed E-state index contributed by atoms with van der Waals surface area (Å²) in [6, 6.07) is 11.8. The zero-order valence-electron chi connectivity index (χ0n) is 11.2. The fraction of sp³-hybridized carbons (Fsp3) is 0.133. The van der Waals surface area contributed by atoms with Gasteiger partial charge in [0.25, 0.3) is 11.6 Å². The molecule has 2 rings (SSSR count). The van der Waals surface area contributed by atoms with Crippen molar-refractivity contribution in [1.82, 2.24) is 0 Å². The van der Waals surface area contributed by atoms with E-state index in [4.69, 9.17) is 0 Å². The van der Waals surface area contributed by atoms with Crippen LogP contribution in [0.1, 0.15) is 21.5 Å². The predicted octanol–water partition coefficient (Wildman–Crippen LogP) is 3.46. The van der Waals surface area contributed by atoms with Crippen LogP contribution < -0.4 is 5.32 Å². The molecular weight excluding hydrogens is 256 g/mol. The van der Waals surface area contributed by atoms with Crippen molar-refractivity contribution in [1.29, 1.82) is 0 Å². The van der Waals surface area contributed by atoms with Gasteiger partial charge in [0.15, 0.2) is 0 Å². The molecule has 1 N–H and O–H groups in total. The second kappa shape index (κ2) is 5.52. The van der Waals surface area contributed by atoms with E-state index in [0.717, 1.165) is 5.56 Å². The largest absolute Gasteiger partial charge is 0.322 e. The molecule has 2 aromatic rings. The molecule has 0 radical (unpaired) electrons. The van der Waals surface area contributed by atoms with E-state index in [1.54, 1.807) is 25.1 Å². The fourth-order valence-electron chi connectivity index (χ4n) is 1.87. The minimum atomic E-state index is -0.487. The standard InChI is InChI=1S/C15H14N2O3/c1-10-4-3-5-13(8-10)16-15(18)12-7-6-11(2)14(9-12)17(19)20/h3-9H,1-2H3,(H,16,18). The topological polar surface area (TPSA) is 72.2 Å². The van der Waals surface area contributed by atoms with Crippen LogP contribution in [0.3, 0.4) is 0 Å². The van der Waals surface area contributed by atoms with E-state index in [2.05, 4.69) is 5.32 Å². The quantitative estimate of drug-likeness (QED) is 0.685. The number of hydrogen-bond acceptors (Lipinski definition) is 3. The normalized spacial score (nSPS) is 10.1. The molecular formula is C15H14N2O3. The summed E-state index contributed by atoms with van der Waals surface area (Å²) in [7, 11) is 0. The molecule has 0 bridgehead atoms. The lowest BCUT2D eigenvalue weighted by molar-refractivity contribution is -0.385. The van der Waals surface area contributed by atoms with Gasteiger partial charge < -0.3 is 5.32 Å². The lowest BCUT2D eigenvalue weighted by atomic mass is 10.1. The molecule has 2 aromatic carbocycles. The summed E-state index contributed by atoms with van der Waals surface area (Å²) in [6.07, 6.45) is 0. The van der Waals surface area contributed by atoms with Crippen LogP contribution >= 0.6 is 0 Å². The molecule has 0 spiro atoms. The Labute approximate surface area is 116 Å². The van der Waals surface area contributed by atoms with E-state index in [1.807, 2.05) is 25.1 Å². The molecule has 5 nitrogen and oxygen atoms in total. The molecule has 0 fully saturated rings. The van der Waals surface area contributed by atoms with Gasteiger partial charge in [-0.05, 0) is 37.6 Å². The van der Waals surface area contributed by atoms with Crippen molar-refractivity contribution < 1.29 is 9.72 Å². The van der Waals surface area contributed by atoms with Gasteiger partial charge in [-0.1, -0.05) is 18.2 Å². The van der Waals surface area contributed by atoms with Crippen molar-refractivity contribution in [2.75, 3.05) is 5.32 Å². The summed E-state index contributed by atoms with van der Waals surface area (Å²) in [6.45, 7) is 3.56. The summed E-state index contributed by atoms with van der Waals surface area (Å²) in [5.74, 6) is -0.362. The molecule has 0 unspecified atom stereocenters. The van der Waals surface area contributed by atoms with Crippen LogP contribution in [0.5, 0.6) is 0 Å². The second-order valence-electron chi connectivity index (χ2n) is 4.58. The highest BCUT2D eigenvalue weighted by Gasteiger charge is 2.15. The zero-order chi connectivity index (χ0) is 14.7. The molecule has 0 aliphatic heterocycles. The van der Waals surface area contributed by atoms with Gasteiger partial charge in [-0.3, -0.25) is 14.9 Å². The number of aryl methyl sites for hydroxylation is 2. The Morgan fingerprint density at radius 1 is 1.15 bits per heavy atom. The van der Waals surface area contributed by atoms with Crippen LogP contribution in [0.2, 0.25) is 0 Å². The van der Waals surface area contributed by atoms with E-state index in [9.17, 15) is 14.9 Å². The Morgan fingerprint density at radius 2 is 1.90 bits per heavy atom. The maximum absolute atomic E-state index is 12.1. The number of nitrogens with one attached hydrogen (secondary N) is 1. The average Bonchev–Trinajstić information content (AvgIpc) is 2.38. The van der Waals surface area contributed by atoms with Crippen molar-refractivity contribution in [2.45, 2.75) is 13.8 Å². The van der Waals surface area contributed by atoms with Crippen molar-refractivity contribution >= 4 is 17.3 Å². The summed E-state index contributed by atoms with van der Waals surface area (Å²) >= 11 is 0. The number of anilines is 1. The Hall–Kier alpha value is -2.69. The first-order valence-electron chi connectivity index (χ1n) is 6.10. The molecule has 0 heterocycles. The number of rotatable bonds is 3. The number of benzene rings is 2. The van der Waals surface area contributed by atoms with Crippen LogP contribution in [0.15, 0.2) is 42.5 Å². The van der Waals surface area contributed by atoms with Gasteiger partial charge in [-0.25, -0.2) is 0 Å². The van der Waals surface area contributed by atoms with Gasteiger partial charge in [-0.15, -0.1) is 0 Å². The van der Waals surface area contributed by atoms with Crippen molar-refractivity contribution in [2.24, 2.45) is 0 Å². The Kier molecular flexibility index (Phi) is 3.79. The number of carbonyl (C=O) groups is 1. The third kappa shape index (κ3) is 3.00. The van der Waals surface area contributed by atoms with Crippen LogP contribution in [0, 0.1) is 24.0 Å². The number of nitro groups is 1. The molecule has 0 saturated carbocycles. The maximum Gasteiger partial charge on any atom is 0.273 e. The Bertz CT molecular complexity index is 681. The number of hydrogen-bond donors (Lipinski definition) is 1. The molecule has 0 aromatic heterocycles. The average molecular weight is 270 g/mol. The fourth-order valence-corrected chi connectivity index (χ4v) is 1.87. The SMILES string of the molecule is Cc1cccc(NC(=O)c2ccc(C)c([N+](=O)[O-])c2)c1. The molecule has 0 atom stereocenters. The minimum absolute atomic E-state index is 0.0538. The smallest absolute Gasteiger partial charge is 0.273 e. The van der Waals surface area contributed by atoms with Crippen LogP contribution in [0.25, 0.3) is 0 Å². The van der Waals surface area contributed by atoms with E-state index < -0.39 is 4.92 Å². The molecule has 20 heavy (non-hydrogen) atoms. The van der Waals surface area contributed by atoms with Gasteiger partial charge in [-0.2, -0.15) is 0 Å². The lowest BCUT2D eigenvalue weighted by Crippen LogP contribution is -2.12. The molecule has 1 amide bonds. The molecule has 0 saturated heterocycles. The van der Waals surface area contributed by atoms with Crippen LogP contribution in [-0.2, 0) is 0 Å². The Morgan fingerprint density at radius 3 is 2.55 bits per heavy atom. The highest BCUT2D eigenvalue weighted by atomic mass is 16.6. The number of nitrogens with zero attached hydrogens (tertiary/aromatic N) is 1. The zero-order valence-corrected chi connectivity index (χ0v) is 11.2. The minimum Gasteiger partial charge on any atom is -0.322 e. The highest BCUT2D eigenvalue weighted by Crippen LogP contribution is 2.20. The first kappa shape index (κ1) is 13.7. The maximum atomic E-state index is 12.1. The summed E-state index contributed by atoms with van der Waals surface area (Å²) in [5, 5.41) is 13.6. The number of nitro benzene ring substituents is 1. The van der Waals surface area contributed by atoms with Crippen molar-refractivity contribution in [3.8, 4) is 0 Å². The second-order valence-corrected chi connectivity index (χ2v) is 4.58. The van der Waals surface area contributed by atoms with Gasteiger partial charge in [0.1, 0.15) is 0 Å². The summed E-state index contributed by atoms with van der Waals surface area (Å²) < 4.78 is 0. The van der Waals surface area contributed by atoms with Crippen molar-refractivity contribution in [3.63, 3.8) is 0 Å². The van der Waals surface area contributed by atoms with Crippen LogP contribution in [-0.4, -0.2) is 10.8 Å². The Balaban J connectivity index is 2.26. The van der Waals surface area contributed by atoms with Gasteiger partial charge in [0, 0.05) is 22.9 Å². The van der Waals surface area contributed by atoms with Crippen LogP contribution in [0.4, 0.5) is 11.4 Å². The summed E-state index contributed by atoms with van der Waals surface area (Å²) in [5.41, 5.74) is 2.43. The number of amides is 1. The van der Waals surface area contributed by atoms with Gasteiger partial charge in [0.2, 0.25) is 0 Å². The highest BCUT2D eigenvalue weighted by molar-refractivity contribution is 6.04. The summed E-state index contributed by atoms with van der Waals surface area (Å²) in [4.78, 5) is 22.5. The third-order valence-corrected chi connectivity index (χ3v) is 2.94. The van der Waals surface area contributed by atoms with Crippen molar-refractivity contribution in [3.05, 3.63) is 69.3 Å². The van der Waals surface area contributed by atoms with E-state index >= 15 is 0 Å². The first-order chi connectivity index (χ1) is 9.47. The molecule has 0 aliphatic rings. The molecule has 5 heteroatoms. The molecule has 0 aliphatic carbocycles. The predicted molar refractivity (Wildman–Crippen MR) is 77.0 cm³/mol. The molecule has 102 valence electrons. The van der Waals surface area contributed by atoms with Gasteiger partial charge >= 0.3 is 0 Å². The van der Waals surface area contributed by atoms with E-state index in [-0.39, 0.29) is 17.2 Å². The lowest BCUT2D eigenvalue weighted by Gasteiger charge is -2.06. The van der Waals surface area contributed by atoms with E-state index in [0.29, 0.717) is 11.3 Å². The van der Waals surface area contributed by atoms with Gasteiger partial charge in [0.05, 0.1) is 4.92 Å². The third-order valence-electron chi connectivity index (χ3n) is 2.94.